The van der Waals surface area contributed by atoms with Gasteiger partial charge < -0.3 is 25.6 Å². The van der Waals surface area contributed by atoms with Crippen LogP contribution in [0.3, 0.4) is 0 Å². The predicted octanol–water partition coefficient (Wildman–Crippen LogP) is 3.29. The minimum Gasteiger partial charge on any atom is -0.461 e. The lowest BCUT2D eigenvalue weighted by Crippen LogP contribution is -2.75. The number of rotatable bonds is 12. The topological polar surface area (TPSA) is 105 Å². The second-order valence-corrected chi connectivity index (χ2v) is 11.6. The number of carbonyl (C=O) groups excluding carboxylic acids is 3. The van der Waals surface area contributed by atoms with Crippen LogP contribution in [-0.2, 0) is 32.1 Å². The van der Waals surface area contributed by atoms with Crippen LogP contribution in [0.1, 0.15) is 57.1 Å². The number of carbonyl (C=O) groups is 3. The third-order valence-electron chi connectivity index (χ3n) is 8.14. The number of likely N-dealkylation sites (tertiary alicyclic amines) is 1. The highest BCUT2D eigenvalue weighted by Crippen LogP contribution is 2.34. The average Bonchev–Trinajstić information content (AvgIpc) is 2.96. The van der Waals surface area contributed by atoms with E-state index in [1.807, 2.05) is 41.3 Å². The number of nitrogens with zero attached hydrogens (tertiary/aromatic N) is 2. The van der Waals surface area contributed by atoms with Crippen molar-refractivity contribution in [2.24, 2.45) is 11.7 Å². The Labute approximate surface area is 238 Å². The molecule has 2 amide bonds. The van der Waals surface area contributed by atoms with Gasteiger partial charge in [-0.15, -0.1) is 0 Å². The summed E-state index contributed by atoms with van der Waals surface area (Å²) >= 11 is 0. The van der Waals surface area contributed by atoms with E-state index in [0.29, 0.717) is 32.2 Å². The van der Waals surface area contributed by atoms with Gasteiger partial charge in [0.15, 0.2) is 0 Å². The third kappa shape index (κ3) is 7.49. The molecule has 8 nitrogen and oxygen atoms in total. The van der Waals surface area contributed by atoms with Crippen LogP contribution < -0.4 is 11.1 Å². The highest BCUT2D eigenvalue weighted by atomic mass is 16.5. The molecule has 2 aliphatic heterocycles. The number of esters is 1. The molecule has 0 aromatic heterocycles. The summed E-state index contributed by atoms with van der Waals surface area (Å²) in [5.41, 5.74) is 7.86. The first-order chi connectivity index (χ1) is 19.3. The number of hydrogen-bond donors (Lipinski definition) is 2. The second-order valence-electron chi connectivity index (χ2n) is 11.6. The Morgan fingerprint density at radius 1 is 1.02 bits per heavy atom. The van der Waals surface area contributed by atoms with Crippen LogP contribution in [0.5, 0.6) is 0 Å². The monoisotopic (exact) mass is 548 g/mol. The Balaban J connectivity index is 1.30. The van der Waals surface area contributed by atoms with Gasteiger partial charge in [0.25, 0.3) is 0 Å². The minimum absolute atomic E-state index is 0.0989. The van der Waals surface area contributed by atoms with Crippen LogP contribution in [0.2, 0.25) is 0 Å². The van der Waals surface area contributed by atoms with Gasteiger partial charge in [0, 0.05) is 38.6 Å². The fourth-order valence-electron chi connectivity index (χ4n) is 5.79. The standard InChI is InChI=1S/C32H44N4O4/c1-24(2)22-36-30(38)29(27(33)14-9-15-28(37)40-23-26-12-7-4-8-13-26)34-31(39)32(36)17-20-35(21-18-32)19-16-25-10-5-3-6-11-25/h3-8,10-13,24,27,29H,9,14-23,33H2,1-2H3,(H,34,39)/t27?,29-/m0/s1. The van der Waals surface area contributed by atoms with E-state index in [2.05, 4.69) is 48.3 Å². The lowest BCUT2D eigenvalue weighted by Gasteiger charge is -2.52. The molecule has 1 spiro atoms. The zero-order chi connectivity index (χ0) is 28.5. The first-order valence-electron chi connectivity index (χ1n) is 14.6. The quantitative estimate of drug-likeness (QED) is 0.395. The van der Waals surface area contributed by atoms with Crippen molar-refractivity contribution >= 4 is 17.8 Å². The number of benzene rings is 2. The van der Waals surface area contributed by atoms with Crippen molar-refractivity contribution in [3.63, 3.8) is 0 Å². The normalized spacial score (nSPS) is 20.0. The molecule has 0 aliphatic carbocycles. The minimum atomic E-state index is -0.831. The molecule has 216 valence electrons. The van der Waals surface area contributed by atoms with Crippen molar-refractivity contribution in [2.75, 3.05) is 26.2 Å². The maximum Gasteiger partial charge on any atom is 0.306 e. The van der Waals surface area contributed by atoms with Gasteiger partial charge in [-0.2, -0.15) is 0 Å². The molecule has 4 rings (SSSR count). The average molecular weight is 549 g/mol. The number of ether oxygens (including phenoxy) is 1. The zero-order valence-corrected chi connectivity index (χ0v) is 23.9. The molecule has 0 radical (unpaired) electrons. The molecule has 3 N–H and O–H groups in total. The summed E-state index contributed by atoms with van der Waals surface area (Å²) in [6, 6.07) is 18.6. The predicted molar refractivity (Wildman–Crippen MR) is 155 cm³/mol. The number of amides is 2. The van der Waals surface area contributed by atoms with Crippen molar-refractivity contribution in [3.05, 3.63) is 71.8 Å². The van der Waals surface area contributed by atoms with Crippen LogP contribution in [0, 0.1) is 5.92 Å². The maximum absolute atomic E-state index is 13.8. The lowest BCUT2D eigenvalue weighted by molar-refractivity contribution is -0.162. The van der Waals surface area contributed by atoms with Crippen molar-refractivity contribution in [1.82, 2.24) is 15.1 Å². The summed E-state index contributed by atoms with van der Waals surface area (Å²) in [6.07, 6.45) is 3.33. The molecule has 2 aromatic carbocycles. The van der Waals surface area contributed by atoms with E-state index in [1.165, 1.54) is 5.56 Å². The fraction of sp³-hybridized carbons (Fsp3) is 0.531. The summed E-state index contributed by atoms with van der Waals surface area (Å²) in [5.74, 6) is -0.281. The molecule has 0 bridgehead atoms. The van der Waals surface area contributed by atoms with Crippen LogP contribution >= 0.6 is 0 Å². The summed E-state index contributed by atoms with van der Waals surface area (Å²) < 4.78 is 5.35. The van der Waals surface area contributed by atoms with Crippen molar-refractivity contribution in [1.29, 1.82) is 0 Å². The van der Waals surface area contributed by atoms with Gasteiger partial charge in [-0.3, -0.25) is 14.4 Å². The number of nitrogens with two attached hydrogens (primary N) is 1. The maximum atomic E-state index is 13.8. The van der Waals surface area contributed by atoms with Crippen molar-refractivity contribution in [3.8, 4) is 0 Å². The number of piperidine rings is 1. The number of nitrogens with one attached hydrogen (secondary N) is 1. The van der Waals surface area contributed by atoms with Crippen LogP contribution in [0.4, 0.5) is 0 Å². The summed E-state index contributed by atoms with van der Waals surface area (Å²) in [5, 5.41) is 3.00. The SMILES string of the molecule is CC(C)CN1C(=O)[C@H](C(N)CCCC(=O)OCc2ccccc2)NC(=O)C12CCN(CCc1ccccc1)CC2. The molecule has 0 saturated carbocycles. The smallest absolute Gasteiger partial charge is 0.306 e. The van der Waals surface area contributed by atoms with E-state index >= 15 is 0 Å². The van der Waals surface area contributed by atoms with Gasteiger partial charge in [0.2, 0.25) is 11.8 Å². The highest BCUT2D eigenvalue weighted by molar-refractivity contribution is 6.00. The second kappa shape index (κ2) is 13.9. The van der Waals surface area contributed by atoms with E-state index in [-0.39, 0.29) is 36.7 Å². The Morgan fingerprint density at radius 3 is 2.27 bits per heavy atom. The van der Waals surface area contributed by atoms with Gasteiger partial charge in [0.05, 0.1) is 0 Å². The molecule has 2 saturated heterocycles. The van der Waals surface area contributed by atoms with E-state index < -0.39 is 17.6 Å². The Kier molecular flexibility index (Phi) is 10.3. The Bertz CT molecular complexity index is 1120. The van der Waals surface area contributed by atoms with Crippen LogP contribution in [-0.4, -0.2) is 71.4 Å². The lowest BCUT2D eigenvalue weighted by atomic mass is 9.80. The third-order valence-corrected chi connectivity index (χ3v) is 8.14. The molecular weight excluding hydrogens is 504 g/mol. The Hall–Kier alpha value is -3.23. The van der Waals surface area contributed by atoms with Gasteiger partial charge in [-0.1, -0.05) is 74.5 Å². The van der Waals surface area contributed by atoms with Crippen molar-refractivity contribution in [2.45, 2.75) is 76.6 Å². The van der Waals surface area contributed by atoms with Crippen molar-refractivity contribution < 1.29 is 19.1 Å². The molecule has 2 aliphatic rings. The van der Waals surface area contributed by atoms with E-state index in [4.69, 9.17) is 10.5 Å². The Morgan fingerprint density at radius 2 is 1.65 bits per heavy atom. The first-order valence-corrected chi connectivity index (χ1v) is 14.6. The van der Waals surface area contributed by atoms with E-state index in [1.54, 1.807) is 0 Å². The van der Waals surface area contributed by atoms with E-state index in [0.717, 1.165) is 31.6 Å². The molecule has 1 unspecified atom stereocenters. The number of piperazine rings is 1. The zero-order valence-electron chi connectivity index (χ0n) is 23.9. The van der Waals surface area contributed by atoms with Gasteiger partial charge in [-0.05, 0) is 49.1 Å². The molecule has 2 fully saturated rings. The number of hydrogen-bond acceptors (Lipinski definition) is 6. The van der Waals surface area contributed by atoms with Gasteiger partial charge >= 0.3 is 5.97 Å². The van der Waals surface area contributed by atoms with Crippen LogP contribution in [0.25, 0.3) is 0 Å². The summed E-state index contributed by atoms with van der Waals surface area (Å²) in [7, 11) is 0. The molecule has 8 heteroatoms. The fourth-order valence-corrected chi connectivity index (χ4v) is 5.79. The first kappa shape index (κ1) is 29.7. The molecule has 2 heterocycles. The molecule has 2 atom stereocenters. The van der Waals surface area contributed by atoms with E-state index in [9.17, 15) is 14.4 Å². The summed E-state index contributed by atoms with van der Waals surface area (Å²) in [6.45, 7) is 7.36. The molecular formula is C32H44N4O4. The molecule has 2 aromatic rings. The highest BCUT2D eigenvalue weighted by Gasteiger charge is 2.54. The largest absolute Gasteiger partial charge is 0.461 e. The molecule has 40 heavy (non-hydrogen) atoms. The summed E-state index contributed by atoms with van der Waals surface area (Å²) in [4.78, 5) is 43.9. The van der Waals surface area contributed by atoms with Gasteiger partial charge in [-0.25, -0.2) is 0 Å². The van der Waals surface area contributed by atoms with Crippen LogP contribution in [0.15, 0.2) is 60.7 Å². The van der Waals surface area contributed by atoms with Gasteiger partial charge in [0.1, 0.15) is 18.2 Å².